The van der Waals surface area contributed by atoms with Crippen molar-refractivity contribution < 1.29 is 9.18 Å². The van der Waals surface area contributed by atoms with Crippen molar-refractivity contribution in [2.24, 2.45) is 0 Å². The highest BCUT2D eigenvalue weighted by molar-refractivity contribution is 7.19. The van der Waals surface area contributed by atoms with E-state index in [1.54, 1.807) is 42.8 Å². The molecular weight excluding hydrogens is 297 g/mol. The van der Waals surface area contributed by atoms with E-state index in [9.17, 15) is 9.18 Å². The normalized spacial score (nSPS) is 10.7. The second kappa shape index (κ2) is 5.81. The molecule has 0 atom stereocenters. The second-order valence-electron chi connectivity index (χ2n) is 5.06. The lowest BCUT2D eigenvalue weighted by molar-refractivity contribution is 0.101. The van der Waals surface area contributed by atoms with Gasteiger partial charge in [-0.05, 0) is 54.8 Å². The van der Waals surface area contributed by atoms with Crippen LogP contribution in [-0.2, 0) is 0 Å². The van der Waals surface area contributed by atoms with Crippen LogP contribution >= 0.6 is 11.3 Å². The van der Waals surface area contributed by atoms with Crippen LogP contribution in [0.25, 0.3) is 20.9 Å². The molecule has 0 bridgehead atoms. The lowest BCUT2D eigenvalue weighted by atomic mass is 10.0. The first-order valence-corrected chi connectivity index (χ1v) is 7.70. The summed E-state index contributed by atoms with van der Waals surface area (Å²) in [7, 11) is 0. The molecular formula is C18H14FNOS. The highest BCUT2D eigenvalue weighted by Gasteiger charge is 2.20. The SMILES string of the molecule is CC(=O)c1c(-c2ccc(F)cc2)sc(-c2ccncc2)c1C. The van der Waals surface area contributed by atoms with Gasteiger partial charge in [0.1, 0.15) is 5.82 Å². The minimum atomic E-state index is -0.282. The summed E-state index contributed by atoms with van der Waals surface area (Å²) in [6.07, 6.45) is 3.47. The Morgan fingerprint density at radius 2 is 1.59 bits per heavy atom. The van der Waals surface area contributed by atoms with Crippen molar-refractivity contribution in [2.75, 3.05) is 0 Å². The molecule has 3 rings (SSSR count). The minimum Gasteiger partial charge on any atom is -0.294 e. The molecule has 0 aliphatic rings. The molecule has 2 nitrogen and oxygen atoms in total. The van der Waals surface area contributed by atoms with Crippen LogP contribution in [0, 0.1) is 12.7 Å². The average Bonchev–Trinajstić information content (AvgIpc) is 2.86. The van der Waals surface area contributed by atoms with Gasteiger partial charge in [-0.1, -0.05) is 12.1 Å². The maximum Gasteiger partial charge on any atom is 0.161 e. The molecule has 0 unspecified atom stereocenters. The first kappa shape index (κ1) is 14.6. The fourth-order valence-electron chi connectivity index (χ4n) is 2.52. The van der Waals surface area contributed by atoms with E-state index < -0.39 is 0 Å². The number of halogens is 1. The zero-order valence-electron chi connectivity index (χ0n) is 12.3. The van der Waals surface area contributed by atoms with Gasteiger partial charge < -0.3 is 0 Å². The fourth-order valence-corrected chi connectivity index (χ4v) is 3.89. The predicted octanol–water partition coefficient (Wildman–Crippen LogP) is 5.13. The van der Waals surface area contributed by atoms with Gasteiger partial charge in [-0.3, -0.25) is 9.78 Å². The van der Waals surface area contributed by atoms with Gasteiger partial charge in [-0.15, -0.1) is 11.3 Å². The number of ketones is 1. The van der Waals surface area contributed by atoms with E-state index in [-0.39, 0.29) is 11.6 Å². The molecule has 4 heteroatoms. The predicted molar refractivity (Wildman–Crippen MR) is 87.7 cm³/mol. The number of Topliss-reactive ketones (excluding diaryl/α,β-unsaturated/α-hetero) is 1. The molecule has 0 spiro atoms. The van der Waals surface area contributed by atoms with Crippen molar-refractivity contribution in [3.8, 4) is 20.9 Å². The largest absolute Gasteiger partial charge is 0.294 e. The summed E-state index contributed by atoms with van der Waals surface area (Å²) >= 11 is 1.56. The number of carbonyl (C=O) groups excluding carboxylic acids is 1. The van der Waals surface area contributed by atoms with E-state index in [1.807, 2.05) is 19.1 Å². The van der Waals surface area contributed by atoms with Crippen LogP contribution in [0.5, 0.6) is 0 Å². The Bertz CT molecular complexity index is 822. The van der Waals surface area contributed by atoms with Gasteiger partial charge in [0, 0.05) is 27.7 Å². The molecule has 22 heavy (non-hydrogen) atoms. The molecule has 0 fully saturated rings. The van der Waals surface area contributed by atoms with E-state index in [1.165, 1.54) is 12.1 Å². The number of hydrogen-bond acceptors (Lipinski definition) is 3. The molecule has 0 aliphatic heterocycles. The molecule has 0 amide bonds. The summed E-state index contributed by atoms with van der Waals surface area (Å²) in [5.74, 6) is -0.260. The Labute approximate surface area is 132 Å². The fraction of sp³-hybridized carbons (Fsp3) is 0.111. The second-order valence-corrected chi connectivity index (χ2v) is 6.08. The zero-order chi connectivity index (χ0) is 15.7. The molecule has 2 heterocycles. The number of thiophene rings is 1. The summed E-state index contributed by atoms with van der Waals surface area (Å²) in [6, 6.07) is 10.1. The van der Waals surface area contributed by atoms with Crippen LogP contribution in [0.2, 0.25) is 0 Å². The molecule has 1 aromatic carbocycles. The highest BCUT2D eigenvalue weighted by Crippen LogP contribution is 2.42. The summed E-state index contributed by atoms with van der Waals surface area (Å²) in [6.45, 7) is 3.52. The van der Waals surface area contributed by atoms with Crippen molar-refractivity contribution in [1.82, 2.24) is 4.98 Å². The van der Waals surface area contributed by atoms with E-state index in [0.29, 0.717) is 5.56 Å². The Hall–Kier alpha value is -2.33. The summed E-state index contributed by atoms with van der Waals surface area (Å²) < 4.78 is 13.1. The maximum atomic E-state index is 13.1. The van der Waals surface area contributed by atoms with E-state index in [4.69, 9.17) is 0 Å². The standard InChI is InChI=1S/C18H14FNOS/c1-11-16(12(2)21)18(13-3-5-15(19)6-4-13)22-17(11)14-7-9-20-10-8-14/h3-10H,1-2H3. The lowest BCUT2D eigenvalue weighted by Crippen LogP contribution is -1.95. The van der Waals surface area contributed by atoms with Gasteiger partial charge in [0.05, 0.1) is 0 Å². The van der Waals surface area contributed by atoms with Crippen LogP contribution in [0.3, 0.4) is 0 Å². The number of benzene rings is 1. The van der Waals surface area contributed by atoms with Crippen LogP contribution < -0.4 is 0 Å². The summed E-state index contributed by atoms with van der Waals surface area (Å²) in [5.41, 5.74) is 3.57. The molecule has 110 valence electrons. The number of aromatic nitrogens is 1. The molecule has 0 aliphatic carbocycles. The van der Waals surface area contributed by atoms with Crippen LogP contribution in [0.1, 0.15) is 22.8 Å². The molecule has 0 saturated carbocycles. The third kappa shape index (κ3) is 2.57. The Morgan fingerprint density at radius 1 is 1.00 bits per heavy atom. The molecule has 2 aromatic heterocycles. The first-order chi connectivity index (χ1) is 10.6. The van der Waals surface area contributed by atoms with Gasteiger partial charge in [0.25, 0.3) is 0 Å². The van der Waals surface area contributed by atoms with Crippen LogP contribution in [0.4, 0.5) is 4.39 Å². The van der Waals surface area contributed by atoms with Crippen molar-refractivity contribution in [3.63, 3.8) is 0 Å². The topological polar surface area (TPSA) is 30.0 Å². The van der Waals surface area contributed by atoms with Crippen molar-refractivity contribution in [2.45, 2.75) is 13.8 Å². The number of carbonyl (C=O) groups is 1. The molecule has 3 aromatic rings. The van der Waals surface area contributed by atoms with E-state index in [2.05, 4.69) is 4.98 Å². The maximum absolute atomic E-state index is 13.1. The summed E-state index contributed by atoms with van der Waals surface area (Å²) in [5, 5.41) is 0. The van der Waals surface area contributed by atoms with Crippen LogP contribution in [-0.4, -0.2) is 10.8 Å². The average molecular weight is 311 g/mol. The highest BCUT2D eigenvalue weighted by atomic mass is 32.1. The number of nitrogens with zero attached hydrogens (tertiary/aromatic N) is 1. The van der Waals surface area contributed by atoms with E-state index in [0.717, 1.165) is 26.4 Å². The Kier molecular flexibility index (Phi) is 3.86. The van der Waals surface area contributed by atoms with Gasteiger partial charge >= 0.3 is 0 Å². The van der Waals surface area contributed by atoms with Crippen molar-refractivity contribution >= 4 is 17.1 Å². The molecule has 0 radical (unpaired) electrons. The van der Waals surface area contributed by atoms with Gasteiger partial charge in [-0.25, -0.2) is 4.39 Å². The number of hydrogen-bond donors (Lipinski definition) is 0. The third-order valence-corrected chi connectivity index (χ3v) is 4.94. The monoisotopic (exact) mass is 311 g/mol. The lowest BCUT2D eigenvalue weighted by Gasteiger charge is -2.02. The van der Waals surface area contributed by atoms with Crippen LogP contribution in [0.15, 0.2) is 48.8 Å². The molecule has 0 saturated heterocycles. The van der Waals surface area contributed by atoms with Crippen molar-refractivity contribution in [1.29, 1.82) is 0 Å². The Balaban J connectivity index is 2.22. The van der Waals surface area contributed by atoms with Crippen molar-refractivity contribution in [3.05, 3.63) is 65.7 Å². The molecule has 0 N–H and O–H groups in total. The number of pyridine rings is 1. The third-order valence-electron chi connectivity index (χ3n) is 3.55. The van der Waals surface area contributed by atoms with Gasteiger partial charge in [-0.2, -0.15) is 0 Å². The van der Waals surface area contributed by atoms with Gasteiger partial charge in [0.2, 0.25) is 0 Å². The summed E-state index contributed by atoms with van der Waals surface area (Å²) in [4.78, 5) is 18.1. The van der Waals surface area contributed by atoms with E-state index >= 15 is 0 Å². The van der Waals surface area contributed by atoms with Gasteiger partial charge in [0.15, 0.2) is 5.78 Å². The number of rotatable bonds is 3. The minimum absolute atomic E-state index is 0.0216. The Morgan fingerprint density at radius 3 is 2.18 bits per heavy atom. The zero-order valence-corrected chi connectivity index (χ0v) is 13.1. The smallest absolute Gasteiger partial charge is 0.161 e. The quantitative estimate of drug-likeness (QED) is 0.628. The first-order valence-electron chi connectivity index (χ1n) is 6.88.